The monoisotopic (exact) mass is 254 g/mol. The van der Waals surface area contributed by atoms with Gasteiger partial charge in [0, 0.05) is 11.9 Å². The summed E-state index contributed by atoms with van der Waals surface area (Å²) in [5.74, 6) is 1.29. The molecule has 3 rings (SSSR count). The molecule has 3 aromatic rings. The molecular formula is C14H14N4O. The van der Waals surface area contributed by atoms with E-state index < -0.39 is 0 Å². The van der Waals surface area contributed by atoms with E-state index in [9.17, 15) is 0 Å². The minimum Gasteiger partial charge on any atom is -0.494 e. The lowest BCUT2D eigenvalue weighted by Crippen LogP contribution is -2.00. The molecule has 0 fully saturated rings. The third kappa shape index (κ3) is 1.99. The molecule has 0 atom stereocenters. The quantitative estimate of drug-likeness (QED) is 0.779. The first kappa shape index (κ1) is 11.5. The average molecular weight is 254 g/mol. The number of pyridine rings is 1. The summed E-state index contributed by atoms with van der Waals surface area (Å²) < 4.78 is 7.33. The Labute approximate surface area is 110 Å². The smallest absolute Gasteiger partial charge is 0.205 e. The second kappa shape index (κ2) is 4.61. The zero-order valence-corrected chi connectivity index (χ0v) is 10.6. The number of anilines is 1. The van der Waals surface area contributed by atoms with Crippen LogP contribution in [0.15, 0.2) is 42.7 Å². The van der Waals surface area contributed by atoms with Crippen LogP contribution in [0.25, 0.3) is 16.7 Å². The van der Waals surface area contributed by atoms with Gasteiger partial charge in [-0.15, -0.1) is 0 Å². The van der Waals surface area contributed by atoms with Gasteiger partial charge in [-0.1, -0.05) is 0 Å². The van der Waals surface area contributed by atoms with Crippen LogP contribution in [0.4, 0.5) is 5.95 Å². The second-order valence-corrected chi connectivity index (χ2v) is 4.10. The lowest BCUT2D eigenvalue weighted by molar-refractivity contribution is 0.340. The molecule has 19 heavy (non-hydrogen) atoms. The van der Waals surface area contributed by atoms with Gasteiger partial charge < -0.3 is 10.5 Å². The van der Waals surface area contributed by atoms with Crippen LogP contribution in [-0.4, -0.2) is 21.1 Å². The SMILES string of the molecule is CCOc1ccc(-n2c(N)nc3cnccc32)cc1. The van der Waals surface area contributed by atoms with Gasteiger partial charge in [-0.2, -0.15) is 0 Å². The standard InChI is InChI=1S/C14H14N4O/c1-2-19-11-5-3-10(4-6-11)18-13-7-8-16-9-12(13)17-14(18)15/h3-9H,2H2,1H3,(H2,15,17). The summed E-state index contributed by atoms with van der Waals surface area (Å²) in [6.07, 6.45) is 3.44. The van der Waals surface area contributed by atoms with E-state index in [-0.39, 0.29) is 0 Å². The molecule has 0 unspecified atom stereocenters. The maximum atomic E-state index is 5.97. The fourth-order valence-corrected chi connectivity index (χ4v) is 2.08. The Morgan fingerprint density at radius 2 is 2.00 bits per heavy atom. The molecule has 96 valence electrons. The summed E-state index contributed by atoms with van der Waals surface area (Å²) in [5.41, 5.74) is 8.66. The molecule has 0 saturated heterocycles. The van der Waals surface area contributed by atoms with Crippen LogP contribution >= 0.6 is 0 Å². The first-order valence-corrected chi connectivity index (χ1v) is 6.11. The Morgan fingerprint density at radius 3 is 2.74 bits per heavy atom. The molecular weight excluding hydrogens is 240 g/mol. The van der Waals surface area contributed by atoms with Gasteiger partial charge >= 0.3 is 0 Å². The van der Waals surface area contributed by atoms with Gasteiger partial charge in [0.1, 0.15) is 11.3 Å². The number of hydrogen-bond acceptors (Lipinski definition) is 4. The van der Waals surface area contributed by atoms with Crippen molar-refractivity contribution < 1.29 is 4.74 Å². The predicted molar refractivity (Wildman–Crippen MR) is 74.4 cm³/mol. The van der Waals surface area contributed by atoms with E-state index in [1.807, 2.05) is 41.8 Å². The highest BCUT2D eigenvalue weighted by molar-refractivity contribution is 5.79. The number of hydrogen-bond donors (Lipinski definition) is 1. The summed E-state index contributed by atoms with van der Waals surface area (Å²) in [6.45, 7) is 2.61. The molecule has 0 aliphatic carbocycles. The normalized spacial score (nSPS) is 10.8. The van der Waals surface area contributed by atoms with Crippen molar-refractivity contribution >= 4 is 17.0 Å². The minimum absolute atomic E-state index is 0.451. The summed E-state index contributed by atoms with van der Waals surface area (Å²) in [7, 11) is 0. The maximum Gasteiger partial charge on any atom is 0.205 e. The highest BCUT2D eigenvalue weighted by Gasteiger charge is 2.09. The number of nitrogen functional groups attached to an aromatic ring is 1. The first-order valence-electron chi connectivity index (χ1n) is 6.11. The average Bonchev–Trinajstić information content (AvgIpc) is 2.76. The number of imidazole rings is 1. The largest absolute Gasteiger partial charge is 0.494 e. The van der Waals surface area contributed by atoms with E-state index >= 15 is 0 Å². The van der Waals surface area contributed by atoms with Crippen LogP contribution in [0.5, 0.6) is 5.75 Å². The van der Waals surface area contributed by atoms with E-state index in [1.54, 1.807) is 12.4 Å². The number of aromatic nitrogens is 3. The highest BCUT2D eigenvalue weighted by atomic mass is 16.5. The fraction of sp³-hybridized carbons (Fsp3) is 0.143. The maximum absolute atomic E-state index is 5.97. The van der Waals surface area contributed by atoms with Crippen molar-refractivity contribution in [2.75, 3.05) is 12.3 Å². The zero-order chi connectivity index (χ0) is 13.2. The molecule has 0 aliphatic rings. The molecule has 0 aliphatic heterocycles. The Balaban J connectivity index is 2.10. The topological polar surface area (TPSA) is 66.0 Å². The first-order chi connectivity index (χ1) is 9.29. The van der Waals surface area contributed by atoms with Crippen LogP contribution in [0, 0.1) is 0 Å². The molecule has 2 aromatic heterocycles. The van der Waals surface area contributed by atoms with Crippen LogP contribution < -0.4 is 10.5 Å². The van der Waals surface area contributed by atoms with E-state index in [0.29, 0.717) is 12.6 Å². The number of rotatable bonds is 3. The molecule has 5 heteroatoms. The third-order valence-electron chi connectivity index (χ3n) is 2.89. The van der Waals surface area contributed by atoms with Gasteiger partial charge in [0.2, 0.25) is 5.95 Å². The highest BCUT2D eigenvalue weighted by Crippen LogP contribution is 2.23. The molecule has 0 radical (unpaired) electrons. The van der Waals surface area contributed by atoms with Gasteiger partial charge in [0.25, 0.3) is 0 Å². The number of nitrogens with zero attached hydrogens (tertiary/aromatic N) is 3. The molecule has 5 nitrogen and oxygen atoms in total. The molecule has 0 amide bonds. The van der Waals surface area contributed by atoms with Crippen LogP contribution in [0.2, 0.25) is 0 Å². The number of benzene rings is 1. The van der Waals surface area contributed by atoms with Gasteiger partial charge in [-0.05, 0) is 37.3 Å². The fourth-order valence-electron chi connectivity index (χ4n) is 2.08. The Hall–Kier alpha value is -2.56. The van der Waals surface area contributed by atoms with E-state index in [4.69, 9.17) is 10.5 Å². The van der Waals surface area contributed by atoms with Crippen molar-refractivity contribution in [2.45, 2.75) is 6.92 Å². The van der Waals surface area contributed by atoms with Gasteiger partial charge in [-0.3, -0.25) is 9.55 Å². The van der Waals surface area contributed by atoms with Gasteiger partial charge in [0.05, 0.1) is 18.3 Å². The number of fused-ring (bicyclic) bond motifs is 1. The summed E-state index contributed by atoms with van der Waals surface area (Å²) in [4.78, 5) is 8.34. The predicted octanol–water partition coefficient (Wildman–Crippen LogP) is 2.40. The van der Waals surface area contributed by atoms with Crippen molar-refractivity contribution in [3.05, 3.63) is 42.7 Å². The van der Waals surface area contributed by atoms with Crippen molar-refractivity contribution in [2.24, 2.45) is 0 Å². The summed E-state index contributed by atoms with van der Waals surface area (Å²) >= 11 is 0. The third-order valence-corrected chi connectivity index (χ3v) is 2.89. The van der Waals surface area contributed by atoms with E-state index in [1.165, 1.54) is 0 Å². The second-order valence-electron chi connectivity index (χ2n) is 4.10. The molecule has 0 saturated carbocycles. The van der Waals surface area contributed by atoms with Gasteiger partial charge in [0.15, 0.2) is 0 Å². The van der Waals surface area contributed by atoms with Crippen molar-refractivity contribution in [1.82, 2.24) is 14.5 Å². The number of nitrogens with two attached hydrogens (primary N) is 1. The number of ether oxygens (including phenoxy) is 1. The molecule has 2 N–H and O–H groups in total. The van der Waals surface area contributed by atoms with E-state index in [2.05, 4.69) is 9.97 Å². The van der Waals surface area contributed by atoms with E-state index in [0.717, 1.165) is 22.5 Å². The lowest BCUT2D eigenvalue weighted by Gasteiger charge is -2.08. The zero-order valence-electron chi connectivity index (χ0n) is 10.6. The molecule has 0 spiro atoms. The lowest BCUT2D eigenvalue weighted by atomic mass is 10.3. The Morgan fingerprint density at radius 1 is 1.21 bits per heavy atom. The molecule has 1 aromatic carbocycles. The molecule has 2 heterocycles. The summed E-state index contributed by atoms with van der Waals surface area (Å²) in [5, 5.41) is 0. The van der Waals surface area contributed by atoms with Crippen molar-refractivity contribution in [1.29, 1.82) is 0 Å². The van der Waals surface area contributed by atoms with Crippen LogP contribution in [-0.2, 0) is 0 Å². The van der Waals surface area contributed by atoms with Gasteiger partial charge in [-0.25, -0.2) is 4.98 Å². The Kier molecular flexibility index (Phi) is 2.79. The molecule has 0 bridgehead atoms. The van der Waals surface area contributed by atoms with Crippen molar-refractivity contribution in [3.63, 3.8) is 0 Å². The minimum atomic E-state index is 0.451. The van der Waals surface area contributed by atoms with Crippen LogP contribution in [0.3, 0.4) is 0 Å². The summed E-state index contributed by atoms with van der Waals surface area (Å²) in [6, 6.07) is 9.66. The van der Waals surface area contributed by atoms with Crippen molar-refractivity contribution in [3.8, 4) is 11.4 Å². The van der Waals surface area contributed by atoms with Crippen LogP contribution in [0.1, 0.15) is 6.92 Å². The Bertz CT molecular complexity index is 703.